The number of hydrogen-bond acceptors (Lipinski definition) is 4. The predicted molar refractivity (Wildman–Crippen MR) is 99.9 cm³/mol. The second-order valence-corrected chi connectivity index (χ2v) is 6.35. The number of ether oxygens (including phenoxy) is 1. The van der Waals surface area contributed by atoms with E-state index in [2.05, 4.69) is 4.98 Å². The fourth-order valence-electron chi connectivity index (χ4n) is 3.26. The van der Waals surface area contributed by atoms with Gasteiger partial charge in [0.15, 0.2) is 5.76 Å². The molecular formula is C21H17NO4. The van der Waals surface area contributed by atoms with E-state index in [1.807, 2.05) is 50.2 Å². The SMILES string of the molecule is COc1ccc2oc(-c3cc(C(=O)O)c4cc(C)cc(C)c4n3)cc2c1. The maximum atomic E-state index is 11.8. The van der Waals surface area contributed by atoms with E-state index in [1.165, 1.54) is 0 Å². The average molecular weight is 347 g/mol. The summed E-state index contributed by atoms with van der Waals surface area (Å²) in [4.78, 5) is 16.5. The average Bonchev–Trinajstić information content (AvgIpc) is 3.03. The van der Waals surface area contributed by atoms with Crippen LogP contribution in [0.2, 0.25) is 0 Å². The van der Waals surface area contributed by atoms with Crippen molar-refractivity contribution >= 4 is 27.8 Å². The molecule has 130 valence electrons. The van der Waals surface area contributed by atoms with E-state index in [4.69, 9.17) is 9.15 Å². The summed E-state index contributed by atoms with van der Waals surface area (Å²) in [6, 6.07) is 12.8. The lowest BCUT2D eigenvalue weighted by molar-refractivity contribution is 0.0699. The first-order valence-corrected chi connectivity index (χ1v) is 8.19. The number of methoxy groups -OCH3 is 1. The largest absolute Gasteiger partial charge is 0.497 e. The summed E-state index contributed by atoms with van der Waals surface area (Å²) in [7, 11) is 1.61. The van der Waals surface area contributed by atoms with Gasteiger partial charge in [0, 0.05) is 10.8 Å². The van der Waals surface area contributed by atoms with E-state index < -0.39 is 5.97 Å². The predicted octanol–water partition coefficient (Wildman–Crippen LogP) is 4.97. The van der Waals surface area contributed by atoms with Crippen molar-refractivity contribution < 1.29 is 19.1 Å². The van der Waals surface area contributed by atoms with Gasteiger partial charge in [-0.3, -0.25) is 0 Å². The molecule has 2 aromatic carbocycles. The zero-order valence-corrected chi connectivity index (χ0v) is 14.7. The number of nitrogens with zero attached hydrogens (tertiary/aromatic N) is 1. The van der Waals surface area contributed by atoms with Crippen LogP contribution in [0.1, 0.15) is 21.5 Å². The van der Waals surface area contributed by atoms with Crippen molar-refractivity contribution in [3.63, 3.8) is 0 Å². The lowest BCUT2D eigenvalue weighted by Crippen LogP contribution is -2.01. The molecule has 4 rings (SSSR count). The van der Waals surface area contributed by atoms with Crippen LogP contribution in [-0.4, -0.2) is 23.2 Å². The third-order valence-electron chi connectivity index (χ3n) is 4.45. The number of benzene rings is 2. The van der Waals surface area contributed by atoms with E-state index in [1.54, 1.807) is 13.2 Å². The maximum absolute atomic E-state index is 11.8. The molecule has 0 bridgehead atoms. The minimum absolute atomic E-state index is 0.217. The molecular weight excluding hydrogens is 330 g/mol. The van der Waals surface area contributed by atoms with Crippen molar-refractivity contribution in [1.29, 1.82) is 0 Å². The van der Waals surface area contributed by atoms with E-state index in [0.717, 1.165) is 22.3 Å². The molecule has 0 atom stereocenters. The summed E-state index contributed by atoms with van der Waals surface area (Å²) < 4.78 is 11.1. The number of carboxylic acids is 1. The van der Waals surface area contributed by atoms with Crippen molar-refractivity contribution in [3.05, 3.63) is 59.2 Å². The highest BCUT2D eigenvalue weighted by Crippen LogP contribution is 2.32. The number of pyridine rings is 1. The second-order valence-electron chi connectivity index (χ2n) is 6.35. The Morgan fingerprint density at radius 2 is 1.92 bits per heavy atom. The first-order chi connectivity index (χ1) is 12.5. The summed E-state index contributed by atoms with van der Waals surface area (Å²) in [6.07, 6.45) is 0. The minimum atomic E-state index is -0.985. The zero-order chi connectivity index (χ0) is 18.4. The molecule has 4 aromatic rings. The van der Waals surface area contributed by atoms with Gasteiger partial charge >= 0.3 is 5.97 Å². The summed E-state index contributed by atoms with van der Waals surface area (Å²) in [6.45, 7) is 3.87. The van der Waals surface area contributed by atoms with Gasteiger partial charge in [0.05, 0.1) is 18.2 Å². The number of aromatic nitrogens is 1. The number of fused-ring (bicyclic) bond motifs is 2. The molecule has 0 aliphatic heterocycles. The van der Waals surface area contributed by atoms with E-state index in [0.29, 0.717) is 27.9 Å². The number of carboxylic acid groups (broad SMARTS) is 1. The lowest BCUT2D eigenvalue weighted by atomic mass is 10.0. The van der Waals surface area contributed by atoms with Gasteiger partial charge in [-0.1, -0.05) is 11.6 Å². The molecule has 0 spiro atoms. The highest BCUT2D eigenvalue weighted by Gasteiger charge is 2.17. The summed E-state index contributed by atoms with van der Waals surface area (Å²) in [5.74, 6) is 0.271. The molecule has 26 heavy (non-hydrogen) atoms. The Bertz CT molecular complexity index is 1170. The van der Waals surface area contributed by atoms with E-state index in [-0.39, 0.29) is 5.56 Å². The maximum Gasteiger partial charge on any atom is 0.336 e. The van der Waals surface area contributed by atoms with Gasteiger partial charge in [0.25, 0.3) is 0 Å². The summed E-state index contributed by atoms with van der Waals surface area (Å²) >= 11 is 0. The van der Waals surface area contributed by atoms with Crippen molar-refractivity contribution in [2.24, 2.45) is 0 Å². The number of carbonyl (C=O) groups is 1. The third kappa shape index (κ3) is 2.58. The quantitative estimate of drug-likeness (QED) is 0.566. The van der Waals surface area contributed by atoms with Crippen molar-refractivity contribution in [2.75, 3.05) is 7.11 Å². The first kappa shape index (κ1) is 16.1. The molecule has 0 fully saturated rings. The van der Waals surface area contributed by atoms with E-state index in [9.17, 15) is 9.90 Å². The Morgan fingerprint density at radius 1 is 1.12 bits per heavy atom. The van der Waals surface area contributed by atoms with Crippen LogP contribution in [-0.2, 0) is 0 Å². The Kier molecular flexibility index (Phi) is 3.65. The normalized spacial score (nSPS) is 11.2. The molecule has 0 radical (unpaired) electrons. The van der Waals surface area contributed by atoms with Crippen LogP contribution in [0.25, 0.3) is 33.3 Å². The molecule has 0 amide bonds. The highest BCUT2D eigenvalue weighted by molar-refractivity contribution is 6.04. The molecule has 2 aromatic heterocycles. The molecule has 0 aliphatic carbocycles. The molecule has 0 saturated heterocycles. The van der Waals surface area contributed by atoms with Gasteiger partial charge in [0.2, 0.25) is 0 Å². The molecule has 5 heteroatoms. The van der Waals surface area contributed by atoms with Gasteiger partial charge in [0.1, 0.15) is 17.0 Å². The van der Waals surface area contributed by atoms with Gasteiger partial charge in [-0.2, -0.15) is 0 Å². The highest BCUT2D eigenvalue weighted by atomic mass is 16.5. The van der Waals surface area contributed by atoms with Crippen LogP contribution in [0.4, 0.5) is 0 Å². The zero-order valence-electron chi connectivity index (χ0n) is 14.7. The summed E-state index contributed by atoms with van der Waals surface area (Å²) in [5, 5.41) is 11.2. The van der Waals surface area contributed by atoms with Crippen LogP contribution in [0.5, 0.6) is 5.75 Å². The van der Waals surface area contributed by atoms with Crippen LogP contribution >= 0.6 is 0 Å². The Labute approximate surface area is 149 Å². The van der Waals surface area contributed by atoms with Crippen LogP contribution in [0.3, 0.4) is 0 Å². The van der Waals surface area contributed by atoms with Crippen LogP contribution in [0.15, 0.2) is 46.9 Å². The van der Waals surface area contributed by atoms with Gasteiger partial charge in [-0.05, 0) is 55.8 Å². The molecule has 2 heterocycles. The monoisotopic (exact) mass is 347 g/mol. The topological polar surface area (TPSA) is 72.6 Å². The van der Waals surface area contributed by atoms with Crippen LogP contribution in [0, 0.1) is 13.8 Å². The number of furan rings is 1. The number of hydrogen-bond donors (Lipinski definition) is 1. The fourth-order valence-corrected chi connectivity index (χ4v) is 3.26. The number of rotatable bonds is 3. The van der Waals surface area contributed by atoms with Crippen molar-refractivity contribution in [2.45, 2.75) is 13.8 Å². The molecule has 0 saturated carbocycles. The number of aromatic carboxylic acids is 1. The third-order valence-corrected chi connectivity index (χ3v) is 4.45. The van der Waals surface area contributed by atoms with Gasteiger partial charge in [-0.15, -0.1) is 0 Å². The Hall–Kier alpha value is -3.34. The van der Waals surface area contributed by atoms with Crippen molar-refractivity contribution in [1.82, 2.24) is 4.98 Å². The Balaban J connectivity index is 1.98. The number of aryl methyl sites for hydroxylation is 2. The van der Waals surface area contributed by atoms with Gasteiger partial charge < -0.3 is 14.3 Å². The molecule has 0 aliphatic rings. The fraction of sp³-hybridized carbons (Fsp3) is 0.143. The standard InChI is InChI=1S/C21H17NO4/c1-11-6-12(2)20-15(7-11)16(21(23)24)10-17(22-20)19-9-13-8-14(25-3)4-5-18(13)26-19/h4-10H,1-3H3,(H,23,24). The van der Waals surface area contributed by atoms with Crippen LogP contribution < -0.4 is 4.74 Å². The van der Waals surface area contributed by atoms with E-state index >= 15 is 0 Å². The summed E-state index contributed by atoms with van der Waals surface area (Å²) in [5.41, 5.74) is 4.01. The lowest BCUT2D eigenvalue weighted by Gasteiger charge is -2.09. The molecule has 0 unspecified atom stereocenters. The smallest absolute Gasteiger partial charge is 0.336 e. The minimum Gasteiger partial charge on any atom is -0.497 e. The Morgan fingerprint density at radius 3 is 2.65 bits per heavy atom. The first-order valence-electron chi connectivity index (χ1n) is 8.19. The van der Waals surface area contributed by atoms with Gasteiger partial charge in [-0.25, -0.2) is 9.78 Å². The molecule has 1 N–H and O–H groups in total. The second kappa shape index (κ2) is 5.88. The molecule has 5 nitrogen and oxygen atoms in total. The van der Waals surface area contributed by atoms with Crippen molar-refractivity contribution in [3.8, 4) is 17.2 Å².